The SMILES string of the molecule is O=C1CC(C(=O)NCCc2nc(C3CC3)no2)C2(CCCC2)O1. The fraction of sp³-hybridized carbons (Fsp3) is 0.750. The quantitative estimate of drug-likeness (QED) is 0.826. The van der Waals surface area contributed by atoms with Crippen LogP contribution in [0.3, 0.4) is 0 Å². The second kappa shape index (κ2) is 5.62. The maximum atomic E-state index is 12.5. The third-order valence-corrected chi connectivity index (χ3v) is 5.15. The van der Waals surface area contributed by atoms with E-state index in [2.05, 4.69) is 15.5 Å². The van der Waals surface area contributed by atoms with Crippen molar-refractivity contribution < 1.29 is 18.8 Å². The molecule has 1 atom stereocenters. The number of hydrogen-bond acceptors (Lipinski definition) is 6. The Morgan fingerprint density at radius 2 is 2.09 bits per heavy atom. The molecule has 3 aliphatic rings. The van der Waals surface area contributed by atoms with E-state index in [9.17, 15) is 9.59 Å². The number of esters is 1. The van der Waals surface area contributed by atoms with Gasteiger partial charge < -0.3 is 14.6 Å². The van der Waals surface area contributed by atoms with Crippen LogP contribution in [0.5, 0.6) is 0 Å². The van der Waals surface area contributed by atoms with Gasteiger partial charge in [0.1, 0.15) is 5.60 Å². The molecule has 23 heavy (non-hydrogen) atoms. The van der Waals surface area contributed by atoms with Gasteiger partial charge in [-0.05, 0) is 38.5 Å². The maximum absolute atomic E-state index is 12.5. The number of amides is 1. The molecule has 2 saturated carbocycles. The molecule has 1 aromatic heterocycles. The van der Waals surface area contributed by atoms with Crippen molar-refractivity contribution in [1.29, 1.82) is 0 Å². The Labute approximate surface area is 134 Å². The van der Waals surface area contributed by atoms with Crippen molar-refractivity contribution in [3.05, 3.63) is 11.7 Å². The fourth-order valence-electron chi connectivity index (χ4n) is 3.74. The van der Waals surface area contributed by atoms with Crippen molar-refractivity contribution in [3.8, 4) is 0 Å². The first-order valence-electron chi connectivity index (χ1n) is 8.48. The van der Waals surface area contributed by atoms with Crippen LogP contribution in [0, 0.1) is 5.92 Å². The van der Waals surface area contributed by atoms with Gasteiger partial charge in [0.05, 0.1) is 12.3 Å². The topological polar surface area (TPSA) is 94.3 Å². The van der Waals surface area contributed by atoms with Gasteiger partial charge >= 0.3 is 5.97 Å². The van der Waals surface area contributed by atoms with Crippen molar-refractivity contribution in [2.75, 3.05) is 6.54 Å². The summed E-state index contributed by atoms with van der Waals surface area (Å²) in [5.74, 6) is 1.10. The molecule has 1 aromatic rings. The van der Waals surface area contributed by atoms with Crippen LogP contribution in [0.15, 0.2) is 4.52 Å². The molecule has 3 fully saturated rings. The third kappa shape index (κ3) is 2.84. The molecule has 2 heterocycles. The molecule has 1 saturated heterocycles. The zero-order valence-electron chi connectivity index (χ0n) is 13.0. The second-order valence-corrected chi connectivity index (χ2v) is 6.86. The minimum Gasteiger partial charge on any atom is -0.458 e. The van der Waals surface area contributed by atoms with E-state index in [-0.39, 0.29) is 24.2 Å². The average Bonchev–Trinajstić information content (AvgIpc) is 2.96. The molecule has 1 unspecified atom stereocenters. The number of carbonyl (C=O) groups is 2. The molecule has 1 spiro atoms. The van der Waals surface area contributed by atoms with Crippen LogP contribution < -0.4 is 5.32 Å². The smallest absolute Gasteiger partial charge is 0.307 e. The van der Waals surface area contributed by atoms with E-state index in [4.69, 9.17) is 9.26 Å². The summed E-state index contributed by atoms with van der Waals surface area (Å²) >= 11 is 0. The Kier molecular flexibility index (Phi) is 3.58. The van der Waals surface area contributed by atoms with Gasteiger partial charge in [0.15, 0.2) is 5.82 Å². The van der Waals surface area contributed by atoms with Crippen molar-refractivity contribution in [2.24, 2.45) is 5.92 Å². The highest BCUT2D eigenvalue weighted by Crippen LogP contribution is 2.45. The van der Waals surface area contributed by atoms with Gasteiger partial charge in [-0.25, -0.2) is 0 Å². The van der Waals surface area contributed by atoms with Crippen LogP contribution >= 0.6 is 0 Å². The van der Waals surface area contributed by atoms with Crippen LogP contribution in [0.2, 0.25) is 0 Å². The van der Waals surface area contributed by atoms with Crippen molar-refractivity contribution >= 4 is 11.9 Å². The summed E-state index contributed by atoms with van der Waals surface area (Å²) in [4.78, 5) is 28.4. The molecule has 2 aliphatic carbocycles. The first-order chi connectivity index (χ1) is 11.2. The van der Waals surface area contributed by atoms with E-state index in [1.165, 1.54) is 0 Å². The summed E-state index contributed by atoms with van der Waals surface area (Å²) < 4.78 is 10.7. The average molecular weight is 319 g/mol. The van der Waals surface area contributed by atoms with Crippen LogP contribution in [-0.2, 0) is 20.7 Å². The lowest BCUT2D eigenvalue weighted by Crippen LogP contribution is -2.43. The Morgan fingerprint density at radius 1 is 1.30 bits per heavy atom. The minimum absolute atomic E-state index is 0.0975. The Hall–Kier alpha value is -1.92. The van der Waals surface area contributed by atoms with E-state index in [1.54, 1.807) is 0 Å². The summed E-state index contributed by atoms with van der Waals surface area (Å²) in [7, 11) is 0. The van der Waals surface area contributed by atoms with Gasteiger partial charge in [-0.3, -0.25) is 9.59 Å². The first-order valence-corrected chi connectivity index (χ1v) is 8.48. The van der Waals surface area contributed by atoms with Crippen LogP contribution in [0.4, 0.5) is 0 Å². The zero-order valence-corrected chi connectivity index (χ0v) is 13.0. The molecule has 1 amide bonds. The van der Waals surface area contributed by atoms with Crippen molar-refractivity contribution in [3.63, 3.8) is 0 Å². The van der Waals surface area contributed by atoms with Gasteiger partial charge in [-0.2, -0.15) is 4.98 Å². The standard InChI is InChI=1S/C16H21N3O4/c20-13-9-11(16(22-13)6-1-2-7-16)15(21)17-8-5-12-18-14(19-23-12)10-3-4-10/h10-11H,1-9H2,(H,17,21). The molecule has 7 nitrogen and oxygen atoms in total. The highest BCUT2D eigenvalue weighted by Gasteiger charge is 2.53. The van der Waals surface area contributed by atoms with E-state index in [1.807, 2.05) is 0 Å². The summed E-state index contributed by atoms with van der Waals surface area (Å²) in [6, 6.07) is 0. The first kappa shape index (κ1) is 14.7. The summed E-state index contributed by atoms with van der Waals surface area (Å²) in [6.45, 7) is 0.436. The molecule has 7 heteroatoms. The lowest BCUT2D eigenvalue weighted by atomic mass is 9.85. The normalized spacial score (nSPS) is 25.7. The predicted molar refractivity (Wildman–Crippen MR) is 78.4 cm³/mol. The van der Waals surface area contributed by atoms with Crippen LogP contribution in [0.25, 0.3) is 0 Å². The van der Waals surface area contributed by atoms with E-state index < -0.39 is 5.60 Å². The summed E-state index contributed by atoms with van der Waals surface area (Å²) in [5, 5.41) is 6.86. The second-order valence-electron chi connectivity index (χ2n) is 6.86. The number of ether oxygens (including phenoxy) is 1. The third-order valence-electron chi connectivity index (χ3n) is 5.15. The molecule has 0 aromatic carbocycles. The lowest BCUT2D eigenvalue weighted by Gasteiger charge is -2.27. The summed E-state index contributed by atoms with van der Waals surface area (Å²) in [6.07, 6.45) is 6.60. The number of nitrogens with one attached hydrogen (secondary N) is 1. The highest BCUT2D eigenvalue weighted by molar-refractivity contribution is 5.87. The Bertz CT molecular complexity index is 617. The lowest BCUT2D eigenvalue weighted by molar-refractivity contribution is -0.149. The predicted octanol–water partition coefficient (Wildman–Crippen LogP) is 1.48. The number of carbonyl (C=O) groups excluding carboxylic acids is 2. The number of nitrogens with zero attached hydrogens (tertiary/aromatic N) is 2. The number of rotatable bonds is 5. The minimum atomic E-state index is -0.551. The molecule has 124 valence electrons. The summed E-state index contributed by atoms with van der Waals surface area (Å²) in [5.41, 5.74) is -0.551. The van der Waals surface area contributed by atoms with Crippen LogP contribution in [0.1, 0.15) is 62.6 Å². The maximum Gasteiger partial charge on any atom is 0.307 e. The van der Waals surface area contributed by atoms with Crippen LogP contribution in [-0.4, -0.2) is 34.2 Å². The van der Waals surface area contributed by atoms with E-state index >= 15 is 0 Å². The molecule has 0 bridgehead atoms. The van der Waals surface area contributed by atoms with E-state index in [0.29, 0.717) is 24.8 Å². The van der Waals surface area contributed by atoms with Crippen molar-refractivity contribution in [1.82, 2.24) is 15.5 Å². The van der Waals surface area contributed by atoms with Gasteiger partial charge in [-0.1, -0.05) is 5.16 Å². The number of aromatic nitrogens is 2. The highest BCUT2D eigenvalue weighted by atomic mass is 16.6. The molecule has 1 aliphatic heterocycles. The van der Waals surface area contributed by atoms with Gasteiger partial charge in [-0.15, -0.1) is 0 Å². The van der Waals surface area contributed by atoms with Gasteiger partial charge in [0.25, 0.3) is 0 Å². The Morgan fingerprint density at radius 3 is 2.83 bits per heavy atom. The van der Waals surface area contributed by atoms with Crippen molar-refractivity contribution in [2.45, 2.75) is 62.9 Å². The van der Waals surface area contributed by atoms with Gasteiger partial charge in [0.2, 0.25) is 11.8 Å². The fourth-order valence-corrected chi connectivity index (χ4v) is 3.74. The molecular weight excluding hydrogens is 298 g/mol. The number of hydrogen-bond donors (Lipinski definition) is 1. The molecule has 0 radical (unpaired) electrons. The van der Waals surface area contributed by atoms with Gasteiger partial charge in [0, 0.05) is 18.9 Å². The largest absolute Gasteiger partial charge is 0.458 e. The molecular formula is C16H21N3O4. The van der Waals surface area contributed by atoms with E-state index in [0.717, 1.165) is 44.3 Å². The Balaban J connectivity index is 1.31. The zero-order chi connectivity index (χ0) is 15.9. The molecule has 4 rings (SSSR count). The molecule has 1 N–H and O–H groups in total. The monoisotopic (exact) mass is 319 g/mol.